The number of hydrogen-bond donors (Lipinski definition) is 1. The Balaban J connectivity index is 2.29. The Kier molecular flexibility index (Phi) is 7.39. The molecule has 0 bridgehead atoms. The second-order valence-electron chi connectivity index (χ2n) is 4.01. The van der Waals surface area contributed by atoms with Crippen LogP contribution in [0.2, 0.25) is 5.28 Å². The summed E-state index contributed by atoms with van der Waals surface area (Å²) in [6, 6.07) is 0. The van der Waals surface area contributed by atoms with Crippen LogP contribution in [0.1, 0.15) is 6.42 Å². The zero-order valence-electron chi connectivity index (χ0n) is 11.5. The first kappa shape index (κ1) is 15.9. The average molecular weight is 290 g/mol. The first-order valence-electron chi connectivity index (χ1n) is 6.03. The molecule has 1 N–H and O–H groups in total. The van der Waals surface area contributed by atoms with Crippen molar-refractivity contribution < 1.29 is 9.47 Å². The van der Waals surface area contributed by atoms with Crippen LogP contribution in [0.15, 0.2) is 0 Å². The molecule has 0 spiro atoms. The zero-order valence-corrected chi connectivity index (χ0v) is 12.3. The minimum absolute atomic E-state index is 0.178. The van der Waals surface area contributed by atoms with Gasteiger partial charge in [0.2, 0.25) is 17.2 Å². The van der Waals surface area contributed by atoms with Gasteiger partial charge in [0.15, 0.2) is 0 Å². The van der Waals surface area contributed by atoms with E-state index < -0.39 is 0 Å². The highest BCUT2D eigenvalue weighted by Crippen LogP contribution is 2.11. The molecule has 0 amide bonds. The number of ether oxygens (including phenoxy) is 2. The van der Waals surface area contributed by atoms with E-state index in [1.807, 2.05) is 14.1 Å². The maximum Gasteiger partial charge on any atom is 0.230 e. The molecule has 0 radical (unpaired) electrons. The third-order valence-corrected chi connectivity index (χ3v) is 2.35. The topological polar surface area (TPSA) is 72.4 Å². The highest BCUT2D eigenvalue weighted by molar-refractivity contribution is 6.28. The molecule has 0 atom stereocenters. The molecule has 0 fully saturated rings. The number of hydrogen-bond acceptors (Lipinski definition) is 7. The fourth-order valence-corrected chi connectivity index (χ4v) is 1.39. The number of methoxy groups -OCH3 is 1. The van der Waals surface area contributed by atoms with Crippen molar-refractivity contribution >= 4 is 23.5 Å². The maximum absolute atomic E-state index is 5.82. The summed E-state index contributed by atoms with van der Waals surface area (Å²) >= 11 is 5.82. The van der Waals surface area contributed by atoms with Gasteiger partial charge in [0.25, 0.3) is 0 Å². The smallest absolute Gasteiger partial charge is 0.230 e. The molecule has 1 rings (SSSR count). The number of nitrogens with zero attached hydrogens (tertiary/aromatic N) is 4. The molecule has 8 heteroatoms. The van der Waals surface area contributed by atoms with Gasteiger partial charge in [0.1, 0.15) is 0 Å². The van der Waals surface area contributed by atoms with Crippen LogP contribution < -0.4 is 10.2 Å². The molecule has 0 unspecified atom stereocenters. The summed E-state index contributed by atoms with van der Waals surface area (Å²) < 4.78 is 10.2. The molecular weight excluding hydrogens is 270 g/mol. The molecule has 1 aromatic rings. The van der Waals surface area contributed by atoms with Gasteiger partial charge in [-0.05, 0) is 18.0 Å². The van der Waals surface area contributed by atoms with Gasteiger partial charge < -0.3 is 19.7 Å². The first-order chi connectivity index (χ1) is 9.13. The molecule has 0 aromatic carbocycles. The largest absolute Gasteiger partial charge is 0.382 e. The van der Waals surface area contributed by atoms with Crippen molar-refractivity contribution in [2.75, 3.05) is 57.8 Å². The number of halogens is 1. The fraction of sp³-hybridized carbons (Fsp3) is 0.727. The molecule has 0 aliphatic rings. The van der Waals surface area contributed by atoms with Crippen LogP contribution in [0.3, 0.4) is 0 Å². The van der Waals surface area contributed by atoms with E-state index in [9.17, 15) is 0 Å². The van der Waals surface area contributed by atoms with Crippen molar-refractivity contribution in [3.8, 4) is 0 Å². The van der Waals surface area contributed by atoms with E-state index in [1.54, 1.807) is 12.0 Å². The number of aromatic nitrogens is 3. The van der Waals surface area contributed by atoms with Gasteiger partial charge >= 0.3 is 0 Å². The summed E-state index contributed by atoms with van der Waals surface area (Å²) in [5, 5.41) is 3.27. The van der Waals surface area contributed by atoms with Crippen LogP contribution in [0.25, 0.3) is 0 Å². The molecule has 0 aliphatic carbocycles. The van der Waals surface area contributed by atoms with E-state index in [1.165, 1.54) is 0 Å². The van der Waals surface area contributed by atoms with Crippen molar-refractivity contribution in [3.63, 3.8) is 0 Å². The summed E-state index contributed by atoms with van der Waals surface area (Å²) in [5.41, 5.74) is 0. The van der Waals surface area contributed by atoms with Gasteiger partial charge in [-0.25, -0.2) is 0 Å². The Labute approximate surface area is 118 Å². The van der Waals surface area contributed by atoms with Crippen molar-refractivity contribution in [1.82, 2.24) is 15.0 Å². The number of rotatable bonds is 9. The molecule has 108 valence electrons. The lowest BCUT2D eigenvalue weighted by atomic mass is 10.4. The molecule has 1 aromatic heterocycles. The van der Waals surface area contributed by atoms with E-state index >= 15 is 0 Å². The SMILES string of the molecule is COCCOCCCNc1nc(Cl)nc(N(C)C)n1. The van der Waals surface area contributed by atoms with Crippen molar-refractivity contribution in [2.45, 2.75) is 6.42 Å². The van der Waals surface area contributed by atoms with Gasteiger partial charge in [-0.1, -0.05) is 0 Å². The van der Waals surface area contributed by atoms with Crippen molar-refractivity contribution in [1.29, 1.82) is 0 Å². The predicted molar refractivity (Wildman–Crippen MR) is 75.0 cm³/mol. The molecule has 0 saturated heterocycles. The summed E-state index contributed by atoms with van der Waals surface area (Å²) in [7, 11) is 5.34. The number of anilines is 2. The Morgan fingerprint density at radius 2 is 1.95 bits per heavy atom. The standard InChI is InChI=1S/C11H20ClN5O2/c1-17(2)11-15-9(12)14-10(16-11)13-5-4-6-19-8-7-18-3/h4-8H2,1-3H3,(H,13,14,15,16). The third kappa shape index (κ3) is 6.51. The van der Waals surface area contributed by atoms with E-state index in [-0.39, 0.29) is 5.28 Å². The van der Waals surface area contributed by atoms with Crippen LogP contribution in [0.4, 0.5) is 11.9 Å². The van der Waals surface area contributed by atoms with E-state index in [0.29, 0.717) is 38.3 Å². The lowest BCUT2D eigenvalue weighted by Crippen LogP contribution is -2.16. The molecule has 19 heavy (non-hydrogen) atoms. The quantitative estimate of drug-likeness (QED) is 0.681. The summed E-state index contributed by atoms with van der Waals surface area (Å²) in [5.74, 6) is 0.999. The molecular formula is C11H20ClN5O2. The van der Waals surface area contributed by atoms with Gasteiger partial charge in [-0.15, -0.1) is 0 Å². The fourth-order valence-electron chi connectivity index (χ4n) is 1.24. The lowest BCUT2D eigenvalue weighted by molar-refractivity contribution is 0.0705. The average Bonchev–Trinajstić information content (AvgIpc) is 2.37. The first-order valence-corrected chi connectivity index (χ1v) is 6.40. The third-order valence-electron chi connectivity index (χ3n) is 2.18. The maximum atomic E-state index is 5.82. The van der Waals surface area contributed by atoms with Crippen molar-refractivity contribution in [3.05, 3.63) is 5.28 Å². The van der Waals surface area contributed by atoms with E-state index in [0.717, 1.165) is 6.42 Å². The Hall–Kier alpha value is -1.18. The Bertz CT molecular complexity index is 378. The molecule has 0 aliphatic heterocycles. The van der Waals surface area contributed by atoms with Gasteiger partial charge in [0.05, 0.1) is 13.2 Å². The van der Waals surface area contributed by atoms with Crippen LogP contribution in [0, 0.1) is 0 Å². The van der Waals surface area contributed by atoms with Crippen LogP contribution in [0.5, 0.6) is 0 Å². The summed E-state index contributed by atoms with van der Waals surface area (Å²) in [6.45, 7) is 2.59. The molecule has 0 saturated carbocycles. The van der Waals surface area contributed by atoms with E-state index in [2.05, 4.69) is 20.3 Å². The lowest BCUT2D eigenvalue weighted by Gasteiger charge is -2.11. The van der Waals surface area contributed by atoms with Gasteiger partial charge in [-0.3, -0.25) is 0 Å². The van der Waals surface area contributed by atoms with Gasteiger partial charge in [0, 0.05) is 34.4 Å². The second kappa shape index (κ2) is 8.84. The predicted octanol–water partition coefficient (Wildman–Crippen LogP) is 1.06. The van der Waals surface area contributed by atoms with Crippen LogP contribution >= 0.6 is 11.6 Å². The molecule has 1 heterocycles. The highest BCUT2D eigenvalue weighted by atomic mass is 35.5. The van der Waals surface area contributed by atoms with Crippen LogP contribution in [-0.4, -0.2) is 62.5 Å². The Morgan fingerprint density at radius 3 is 2.63 bits per heavy atom. The zero-order chi connectivity index (χ0) is 14.1. The Morgan fingerprint density at radius 1 is 1.16 bits per heavy atom. The second-order valence-corrected chi connectivity index (χ2v) is 4.35. The van der Waals surface area contributed by atoms with Crippen LogP contribution in [-0.2, 0) is 9.47 Å². The normalized spacial score (nSPS) is 10.5. The number of nitrogens with one attached hydrogen (secondary N) is 1. The van der Waals surface area contributed by atoms with E-state index in [4.69, 9.17) is 21.1 Å². The molecule has 7 nitrogen and oxygen atoms in total. The van der Waals surface area contributed by atoms with Gasteiger partial charge in [-0.2, -0.15) is 15.0 Å². The summed E-state index contributed by atoms with van der Waals surface area (Å²) in [6.07, 6.45) is 0.852. The monoisotopic (exact) mass is 289 g/mol. The van der Waals surface area contributed by atoms with Crippen molar-refractivity contribution in [2.24, 2.45) is 0 Å². The minimum Gasteiger partial charge on any atom is -0.382 e. The summed E-state index contributed by atoms with van der Waals surface area (Å²) in [4.78, 5) is 14.0. The highest BCUT2D eigenvalue weighted by Gasteiger charge is 2.05. The minimum atomic E-state index is 0.178.